The number of hydrogen-bond donors (Lipinski definition) is 2. The maximum atomic E-state index is 13.5. The minimum Gasteiger partial charge on any atom is -0.321 e. The summed E-state index contributed by atoms with van der Waals surface area (Å²) in [6.07, 6.45) is 0. The van der Waals surface area contributed by atoms with Gasteiger partial charge in [0.1, 0.15) is 6.07 Å². The predicted octanol–water partition coefficient (Wildman–Crippen LogP) is 3.75. The van der Waals surface area contributed by atoms with Crippen LogP contribution in [-0.4, -0.2) is 23.4 Å². The Balaban J connectivity index is 3.02. The van der Waals surface area contributed by atoms with Crippen molar-refractivity contribution in [3.8, 4) is 6.07 Å². The first-order chi connectivity index (χ1) is 9.92. The van der Waals surface area contributed by atoms with E-state index < -0.39 is 23.4 Å². The molecule has 0 aliphatic heterocycles. The third-order valence-electron chi connectivity index (χ3n) is 3.42. The highest BCUT2D eigenvalue weighted by molar-refractivity contribution is 5.91. The molecular formula is C14H15F4N3O. The minimum absolute atomic E-state index is 0.0312. The number of benzene rings is 1. The van der Waals surface area contributed by atoms with Crippen LogP contribution >= 0.6 is 0 Å². The van der Waals surface area contributed by atoms with Crippen molar-refractivity contribution >= 4 is 11.7 Å². The van der Waals surface area contributed by atoms with Gasteiger partial charge in [-0.1, -0.05) is 12.1 Å². The molecule has 8 heteroatoms. The van der Waals surface area contributed by atoms with Crippen LogP contribution in [0.5, 0.6) is 0 Å². The van der Waals surface area contributed by atoms with Gasteiger partial charge in [-0.3, -0.25) is 0 Å². The van der Waals surface area contributed by atoms with Crippen molar-refractivity contribution in [2.24, 2.45) is 0 Å². The Morgan fingerprint density at radius 3 is 2.05 bits per heavy atom. The van der Waals surface area contributed by atoms with Crippen molar-refractivity contribution in [3.63, 3.8) is 0 Å². The summed E-state index contributed by atoms with van der Waals surface area (Å²) in [4.78, 5) is 11.8. The fourth-order valence-corrected chi connectivity index (χ4v) is 1.68. The van der Waals surface area contributed by atoms with Gasteiger partial charge in [0.2, 0.25) is 0 Å². The third-order valence-corrected chi connectivity index (χ3v) is 3.42. The van der Waals surface area contributed by atoms with Crippen LogP contribution in [0.25, 0.3) is 0 Å². The van der Waals surface area contributed by atoms with E-state index in [1.165, 1.54) is 24.3 Å². The molecule has 22 heavy (non-hydrogen) atoms. The molecule has 1 aromatic rings. The molecule has 2 amide bonds. The van der Waals surface area contributed by atoms with Gasteiger partial charge in [-0.05, 0) is 19.1 Å². The average molecular weight is 317 g/mol. The molecule has 0 aliphatic rings. The molecule has 0 spiro atoms. The van der Waals surface area contributed by atoms with Crippen molar-refractivity contribution in [1.29, 1.82) is 5.26 Å². The number of anilines is 1. The topological polar surface area (TPSA) is 64.9 Å². The molecule has 0 saturated heterocycles. The molecule has 0 saturated carbocycles. The van der Waals surface area contributed by atoms with E-state index in [0.717, 1.165) is 0 Å². The molecule has 0 aliphatic carbocycles. The van der Waals surface area contributed by atoms with E-state index in [0.29, 0.717) is 20.8 Å². The van der Waals surface area contributed by atoms with Crippen molar-refractivity contribution in [3.05, 3.63) is 29.8 Å². The maximum absolute atomic E-state index is 13.5. The lowest BCUT2D eigenvalue weighted by Crippen LogP contribution is -2.67. The standard InChI is InChI=1S/C14H15F4N3O/c1-12(13(2,15)16,14(3,17)18)21-11(22)20-10-7-5-4-6-9(10)8-19/h4-7H,1-3H3,(H2,20,21,22). The smallest absolute Gasteiger partial charge is 0.320 e. The Hall–Kier alpha value is -2.30. The molecule has 120 valence electrons. The molecule has 0 radical (unpaired) electrons. The number of halogens is 4. The van der Waals surface area contributed by atoms with E-state index >= 15 is 0 Å². The molecule has 0 heterocycles. The Kier molecular flexibility index (Phi) is 4.70. The SMILES string of the molecule is CC(F)(F)C(C)(NC(=O)Nc1ccccc1C#N)C(C)(F)F. The summed E-state index contributed by atoms with van der Waals surface area (Å²) in [5.41, 5.74) is -2.99. The fourth-order valence-electron chi connectivity index (χ4n) is 1.68. The van der Waals surface area contributed by atoms with Crippen LogP contribution in [-0.2, 0) is 0 Å². The lowest BCUT2D eigenvalue weighted by Gasteiger charge is -2.40. The van der Waals surface area contributed by atoms with E-state index in [1.54, 1.807) is 11.4 Å². The summed E-state index contributed by atoms with van der Waals surface area (Å²) in [6, 6.07) is 6.30. The normalized spacial score (nSPS) is 12.5. The lowest BCUT2D eigenvalue weighted by atomic mass is 9.88. The second kappa shape index (κ2) is 5.83. The van der Waals surface area contributed by atoms with Crippen molar-refractivity contribution in [2.45, 2.75) is 38.2 Å². The zero-order chi connectivity index (χ0) is 17.2. The van der Waals surface area contributed by atoms with Gasteiger partial charge in [-0.15, -0.1) is 0 Å². The summed E-state index contributed by atoms with van der Waals surface area (Å²) >= 11 is 0. The first-order valence-electron chi connectivity index (χ1n) is 6.26. The summed E-state index contributed by atoms with van der Waals surface area (Å²) in [5.74, 6) is -7.76. The van der Waals surface area contributed by atoms with Crippen molar-refractivity contribution in [1.82, 2.24) is 5.32 Å². The van der Waals surface area contributed by atoms with Gasteiger partial charge in [-0.25, -0.2) is 22.4 Å². The van der Waals surface area contributed by atoms with Crippen LogP contribution in [0.15, 0.2) is 24.3 Å². The average Bonchev–Trinajstić information content (AvgIpc) is 2.36. The number of nitrogens with zero attached hydrogens (tertiary/aromatic N) is 1. The lowest BCUT2D eigenvalue weighted by molar-refractivity contribution is -0.173. The number of nitriles is 1. The fraction of sp³-hybridized carbons (Fsp3) is 0.429. The van der Waals surface area contributed by atoms with E-state index in [4.69, 9.17) is 5.26 Å². The molecule has 4 nitrogen and oxygen atoms in total. The Morgan fingerprint density at radius 2 is 1.59 bits per heavy atom. The quantitative estimate of drug-likeness (QED) is 0.831. The van der Waals surface area contributed by atoms with Gasteiger partial charge in [0, 0.05) is 13.8 Å². The highest BCUT2D eigenvalue weighted by Crippen LogP contribution is 2.40. The third kappa shape index (κ3) is 3.47. The highest BCUT2D eigenvalue weighted by Gasteiger charge is 2.61. The number of alkyl halides is 4. The van der Waals surface area contributed by atoms with Crippen LogP contribution in [0.4, 0.5) is 28.0 Å². The first-order valence-corrected chi connectivity index (χ1v) is 6.26. The van der Waals surface area contributed by atoms with Crippen LogP contribution in [0.3, 0.4) is 0 Å². The summed E-state index contributed by atoms with van der Waals surface area (Å²) in [5, 5.41) is 12.6. The monoisotopic (exact) mass is 317 g/mol. The molecule has 2 N–H and O–H groups in total. The van der Waals surface area contributed by atoms with Crippen molar-refractivity contribution < 1.29 is 22.4 Å². The van der Waals surface area contributed by atoms with E-state index in [9.17, 15) is 22.4 Å². The Labute approximate surface area is 125 Å². The van der Waals surface area contributed by atoms with Gasteiger partial charge in [-0.2, -0.15) is 5.26 Å². The van der Waals surface area contributed by atoms with Crippen LogP contribution in [0.1, 0.15) is 26.3 Å². The zero-order valence-corrected chi connectivity index (χ0v) is 12.2. The summed E-state index contributed by atoms with van der Waals surface area (Å²) < 4.78 is 54.1. The number of rotatable bonds is 4. The van der Waals surface area contributed by atoms with Gasteiger partial charge >= 0.3 is 6.03 Å². The van der Waals surface area contributed by atoms with Crippen LogP contribution < -0.4 is 10.6 Å². The zero-order valence-electron chi connectivity index (χ0n) is 12.2. The maximum Gasteiger partial charge on any atom is 0.320 e. The molecule has 0 bridgehead atoms. The summed E-state index contributed by atoms with van der Waals surface area (Å²) in [7, 11) is 0. The van der Waals surface area contributed by atoms with E-state index in [1.807, 2.05) is 0 Å². The minimum atomic E-state index is -3.88. The molecule has 0 aromatic heterocycles. The molecular weight excluding hydrogens is 302 g/mol. The number of para-hydroxylation sites is 1. The van der Waals surface area contributed by atoms with Gasteiger partial charge in [0.15, 0.2) is 5.54 Å². The number of nitrogens with one attached hydrogen (secondary N) is 2. The Morgan fingerprint density at radius 1 is 1.09 bits per heavy atom. The largest absolute Gasteiger partial charge is 0.321 e. The highest BCUT2D eigenvalue weighted by atomic mass is 19.3. The van der Waals surface area contributed by atoms with Crippen LogP contribution in [0, 0.1) is 11.3 Å². The van der Waals surface area contributed by atoms with E-state index in [-0.39, 0.29) is 11.3 Å². The van der Waals surface area contributed by atoms with Crippen molar-refractivity contribution in [2.75, 3.05) is 5.32 Å². The number of urea groups is 1. The molecule has 0 fully saturated rings. The van der Waals surface area contributed by atoms with Gasteiger partial charge in [0.25, 0.3) is 11.8 Å². The second-order valence-corrected chi connectivity index (χ2v) is 5.14. The molecule has 0 atom stereocenters. The second-order valence-electron chi connectivity index (χ2n) is 5.14. The summed E-state index contributed by atoms with van der Waals surface area (Å²) in [6.45, 7) is 1.16. The molecule has 1 rings (SSSR count). The number of amides is 2. The molecule has 1 aromatic carbocycles. The van der Waals surface area contributed by atoms with Gasteiger partial charge < -0.3 is 10.6 Å². The number of carbonyl (C=O) groups excluding carboxylic acids is 1. The Bertz CT molecular complexity index is 585. The van der Waals surface area contributed by atoms with Gasteiger partial charge in [0.05, 0.1) is 11.3 Å². The van der Waals surface area contributed by atoms with Crippen LogP contribution in [0.2, 0.25) is 0 Å². The molecule has 0 unspecified atom stereocenters. The predicted molar refractivity (Wildman–Crippen MR) is 73.0 cm³/mol. The first kappa shape index (κ1) is 17.8. The van der Waals surface area contributed by atoms with E-state index in [2.05, 4.69) is 5.32 Å². The number of carbonyl (C=O) groups is 1. The number of hydrogen-bond acceptors (Lipinski definition) is 2.